The van der Waals surface area contributed by atoms with Crippen molar-refractivity contribution in [2.24, 2.45) is 11.8 Å². The number of hydrogen-bond acceptors (Lipinski definition) is 3. The Morgan fingerprint density at radius 1 is 0.972 bits per heavy atom. The average molecular weight is 540 g/mol. The number of carbonyl (C=O) groups excluding carboxylic acids is 1. The molecule has 1 atom stereocenters. The normalized spacial score (nSPS) is 17.9. The standard InChI is InChI=1S/C29H26BrN5O/c30-24-8-10-26-27(14-24)35(17-18-11-12-34(16-18)29(36)21-5-6-21)28(32-26)20-3-1-19(2-4-20)22-7-9-25-23(13-22)15-31-33-25/h1-4,7-10,13-15,18,21H,5-6,11-12,16-17H2,(H,31,33)/t18-/m0/s1. The number of nitrogens with one attached hydrogen (secondary N) is 1. The number of halogens is 1. The highest BCUT2D eigenvalue weighted by atomic mass is 79.9. The number of amides is 1. The molecule has 1 N–H and O–H groups in total. The number of likely N-dealkylation sites (tertiary alicyclic amines) is 1. The first-order chi connectivity index (χ1) is 17.6. The van der Waals surface area contributed by atoms with Gasteiger partial charge in [0.1, 0.15) is 5.82 Å². The highest BCUT2D eigenvalue weighted by Gasteiger charge is 2.36. The lowest BCUT2D eigenvalue weighted by Crippen LogP contribution is -2.30. The summed E-state index contributed by atoms with van der Waals surface area (Å²) in [5, 5.41) is 8.25. The second-order valence-corrected chi connectivity index (χ2v) is 11.1. The van der Waals surface area contributed by atoms with Crippen LogP contribution in [0.15, 0.2) is 71.3 Å². The molecule has 0 radical (unpaired) electrons. The van der Waals surface area contributed by atoms with Crippen molar-refractivity contribution in [3.63, 3.8) is 0 Å². The zero-order chi connectivity index (χ0) is 24.2. The van der Waals surface area contributed by atoms with Crippen molar-refractivity contribution < 1.29 is 4.79 Å². The Morgan fingerprint density at radius 3 is 2.61 bits per heavy atom. The first kappa shape index (κ1) is 21.8. The van der Waals surface area contributed by atoms with Crippen LogP contribution in [-0.4, -0.2) is 43.6 Å². The summed E-state index contributed by atoms with van der Waals surface area (Å²) in [5.74, 6) is 2.06. The highest BCUT2D eigenvalue weighted by molar-refractivity contribution is 9.10. The minimum atomic E-state index is 0.289. The van der Waals surface area contributed by atoms with Gasteiger partial charge in [0, 0.05) is 41.0 Å². The number of carbonyl (C=O) groups is 1. The molecule has 0 spiro atoms. The van der Waals surface area contributed by atoms with Gasteiger partial charge in [0.15, 0.2) is 0 Å². The van der Waals surface area contributed by atoms with Gasteiger partial charge in [0.05, 0.1) is 22.7 Å². The average Bonchev–Trinajstić information content (AvgIpc) is 3.30. The first-order valence-corrected chi connectivity index (χ1v) is 13.4. The number of imidazole rings is 1. The lowest BCUT2D eigenvalue weighted by molar-refractivity contribution is -0.131. The van der Waals surface area contributed by atoms with Crippen LogP contribution in [0.1, 0.15) is 19.3 Å². The van der Waals surface area contributed by atoms with E-state index in [9.17, 15) is 4.79 Å². The Morgan fingerprint density at radius 2 is 1.78 bits per heavy atom. The minimum Gasteiger partial charge on any atom is -0.342 e. The van der Waals surface area contributed by atoms with Gasteiger partial charge in [-0.3, -0.25) is 9.89 Å². The Bertz CT molecular complexity index is 1600. The Labute approximate surface area is 217 Å². The van der Waals surface area contributed by atoms with E-state index in [0.29, 0.717) is 11.8 Å². The quantitative estimate of drug-likeness (QED) is 0.286. The molecule has 1 aliphatic heterocycles. The number of H-pyrrole nitrogens is 1. The van der Waals surface area contributed by atoms with Crippen molar-refractivity contribution in [2.45, 2.75) is 25.8 Å². The molecule has 1 amide bonds. The van der Waals surface area contributed by atoms with E-state index < -0.39 is 0 Å². The van der Waals surface area contributed by atoms with Crippen LogP contribution in [-0.2, 0) is 11.3 Å². The minimum absolute atomic E-state index is 0.289. The fourth-order valence-corrected chi connectivity index (χ4v) is 5.81. The summed E-state index contributed by atoms with van der Waals surface area (Å²) in [6, 6.07) is 21.3. The number of benzene rings is 3. The van der Waals surface area contributed by atoms with Crippen LogP contribution >= 0.6 is 15.9 Å². The number of hydrogen-bond donors (Lipinski definition) is 1. The Kier molecular flexibility index (Phi) is 5.20. The summed E-state index contributed by atoms with van der Waals surface area (Å²) >= 11 is 3.65. The lowest BCUT2D eigenvalue weighted by atomic mass is 10.0. The number of aromatic amines is 1. The van der Waals surface area contributed by atoms with Crippen molar-refractivity contribution >= 4 is 43.8 Å². The summed E-state index contributed by atoms with van der Waals surface area (Å²) in [6.45, 7) is 2.58. The maximum atomic E-state index is 12.6. The van der Waals surface area contributed by atoms with Crippen molar-refractivity contribution in [3.8, 4) is 22.5 Å². The van der Waals surface area contributed by atoms with E-state index in [1.165, 1.54) is 5.56 Å². The van der Waals surface area contributed by atoms with Crippen LogP contribution in [0.2, 0.25) is 0 Å². The zero-order valence-electron chi connectivity index (χ0n) is 19.8. The van der Waals surface area contributed by atoms with Gasteiger partial charge >= 0.3 is 0 Å². The van der Waals surface area contributed by atoms with Gasteiger partial charge in [-0.25, -0.2) is 4.98 Å². The summed E-state index contributed by atoms with van der Waals surface area (Å²) < 4.78 is 3.40. The fraction of sp³-hybridized carbons (Fsp3) is 0.276. The molecular formula is C29H26BrN5O. The third-order valence-corrected chi connectivity index (χ3v) is 8.09. The fourth-order valence-electron chi connectivity index (χ4n) is 5.46. The van der Waals surface area contributed by atoms with E-state index in [0.717, 1.165) is 82.3 Å². The van der Waals surface area contributed by atoms with Gasteiger partial charge in [0.25, 0.3) is 0 Å². The first-order valence-electron chi connectivity index (χ1n) is 12.6. The van der Waals surface area contributed by atoms with E-state index in [1.807, 2.05) is 12.3 Å². The molecule has 2 aliphatic rings. The molecule has 1 saturated heterocycles. The smallest absolute Gasteiger partial charge is 0.225 e. The Balaban J connectivity index is 1.21. The summed E-state index contributed by atoms with van der Waals surface area (Å²) in [6.07, 6.45) is 5.03. The summed E-state index contributed by atoms with van der Waals surface area (Å²) in [5.41, 5.74) is 6.59. The van der Waals surface area contributed by atoms with E-state index >= 15 is 0 Å². The van der Waals surface area contributed by atoms with Crippen molar-refractivity contribution in [2.75, 3.05) is 13.1 Å². The number of nitrogens with zero attached hydrogens (tertiary/aromatic N) is 4. The van der Waals surface area contributed by atoms with Gasteiger partial charge < -0.3 is 9.47 Å². The second-order valence-electron chi connectivity index (χ2n) is 10.1. The summed E-state index contributed by atoms with van der Waals surface area (Å²) in [4.78, 5) is 19.7. The monoisotopic (exact) mass is 539 g/mol. The van der Waals surface area contributed by atoms with Crippen molar-refractivity contribution in [1.82, 2.24) is 24.6 Å². The lowest BCUT2D eigenvalue weighted by Gasteiger charge is -2.18. The molecule has 3 heterocycles. The molecule has 5 aromatic rings. The third kappa shape index (κ3) is 3.91. The predicted molar refractivity (Wildman–Crippen MR) is 145 cm³/mol. The highest BCUT2D eigenvalue weighted by Crippen LogP contribution is 2.35. The molecule has 36 heavy (non-hydrogen) atoms. The molecule has 6 nitrogen and oxygen atoms in total. The summed E-state index contributed by atoms with van der Waals surface area (Å²) in [7, 11) is 0. The number of aromatic nitrogens is 4. The molecule has 2 fully saturated rings. The van der Waals surface area contributed by atoms with Gasteiger partial charge in [-0.15, -0.1) is 0 Å². The van der Waals surface area contributed by atoms with Gasteiger partial charge in [-0.1, -0.05) is 46.3 Å². The van der Waals surface area contributed by atoms with Crippen LogP contribution in [0, 0.1) is 11.8 Å². The molecule has 7 rings (SSSR count). The molecule has 7 heteroatoms. The van der Waals surface area contributed by atoms with E-state index in [-0.39, 0.29) is 5.92 Å². The SMILES string of the molecule is O=C(C1CC1)N1CC[C@H](Cn2c(-c3ccc(-c4ccc5[nH]ncc5c4)cc3)nc3ccc(Br)cc32)C1. The maximum Gasteiger partial charge on any atom is 0.225 e. The van der Waals surface area contributed by atoms with Crippen molar-refractivity contribution in [1.29, 1.82) is 0 Å². The molecule has 1 saturated carbocycles. The van der Waals surface area contributed by atoms with Crippen LogP contribution in [0.25, 0.3) is 44.5 Å². The van der Waals surface area contributed by atoms with Crippen LogP contribution in [0.4, 0.5) is 0 Å². The largest absolute Gasteiger partial charge is 0.342 e. The number of fused-ring (bicyclic) bond motifs is 2. The molecule has 2 aromatic heterocycles. The molecule has 3 aromatic carbocycles. The Hall–Kier alpha value is -3.45. The molecule has 1 aliphatic carbocycles. The van der Waals surface area contributed by atoms with Gasteiger partial charge in [0.2, 0.25) is 5.91 Å². The van der Waals surface area contributed by atoms with Crippen LogP contribution in [0.5, 0.6) is 0 Å². The van der Waals surface area contributed by atoms with Crippen LogP contribution in [0.3, 0.4) is 0 Å². The second kappa shape index (κ2) is 8.59. The predicted octanol–water partition coefficient (Wildman–Crippen LogP) is 6.27. The van der Waals surface area contributed by atoms with Crippen LogP contribution < -0.4 is 0 Å². The zero-order valence-corrected chi connectivity index (χ0v) is 21.4. The molecular weight excluding hydrogens is 514 g/mol. The van der Waals surface area contributed by atoms with E-state index in [1.54, 1.807) is 0 Å². The third-order valence-electron chi connectivity index (χ3n) is 7.59. The van der Waals surface area contributed by atoms with E-state index in [2.05, 4.69) is 90.2 Å². The number of rotatable bonds is 5. The van der Waals surface area contributed by atoms with Gasteiger partial charge in [-0.05, 0) is 66.6 Å². The van der Waals surface area contributed by atoms with Crippen molar-refractivity contribution in [3.05, 3.63) is 71.3 Å². The molecule has 0 bridgehead atoms. The molecule has 180 valence electrons. The molecule has 0 unspecified atom stereocenters. The topological polar surface area (TPSA) is 66.8 Å². The maximum absolute atomic E-state index is 12.6. The van der Waals surface area contributed by atoms with E-state index in [4.69, 9.17) is 4.98 Å². The van der Waals surface area contributed by atoms with Gasteiger partial charge in [-0.2, -0.15) is 5.10 Å².